The second kappa shape index (κ2) is 5.10. The third-order valence-electron chi connectivity index (χ3n) is 3.87. The van der Waals surface area contributed by atoms with Gasteiger partial charge in [0.15, 0.2) is 0 Å². The molecule has 5 heteroatoms. The lowest BCUT2D eigenvalue weighted by molar-refractivity contribution is -0.384. The summed E-state index contributed by atoms with van der Waals surface area (Å²) < 4.78 is 0. The maximum atomic E-state index is 10.8. The molecule has 102 valence electrons. The van der Waals surface area contributed by atoms with Crippen LogP contribution in [-0.2, 0) is 6.54 Å². The zero-order chi connectivity index (χ0) is 13.4. The Balaban J connectivity index is 1.75. The van der Waals surface area contributed by atoms with Crippen LogP contribution in [0.1, 0.15) is 31.2 Å². The molecule has 0 bridgehead atoms. The van der Waals surface area contributed by atoms with Crippen molar-refractivity contribution >= 4 is 17.3 Å². The van der Waals surface area contributed by atoms with Gasteiger partial charge < -0.3 is 0 Å². The zero-order valence-corrected chi connectivity index (χ0v) is 11.5. The summed E-state index contributed by atoms with van der Waals surface area (Å²) in [4.78, 5) is 12.9. The highest BCUT2D eigenvalue weighted by molar-refractivity contribution is 6.31. The van der Waals surface area contributed by atoms with E-state index in [1.54, 1.807) is 12.1 Å². The lowest BCUT2D eigenvalue weighted by Crippen LogP contribution is -2.28. The van der Waals surface area contributed by atoms with Gasteiger partial charge in [0, 0.05) is 36.3 Å². The van der Waals surface area contributed by atoms with E-state index in [1.807, 2.05) is 0 Å². The molecule has 2 saturated carbocycles. The number of hydrogen-bond donors (Lipinski definition) is 0. The first-order valence-corrected chi connectivity index (χ1v) is 7.18. The summed E-state index contributed by atoms with van der Waals surface area (Å²) in [6.45, 7) is 1.85. The summed E-state index contributed by atoms with van der Waals surface area (Å²) in [5.74, 6) is 0.832. The monoisotopic (exact) mass is 280 g/mol. The first kappa shape index (κ1) is 12.9. The van der Waals surface area contributed by atoms with Crippen LogP contribution in [0.3, 0.4) is 0 Å². The highest BCUT2D eigenvalue weighted by atomic mass is 35.5. The smallest absolute Gasteiger partial charge is 0.269 e. The van der Waals surface area contributed by atoms with Crippen LogP contribution >= 0.6 is 11.6 Å². The van der Waals surface area contributed by atoms with E-state index >= 15 is 0 Å². The van der Waals surface area contributed by atoms with Gasteiger partial charge in [-0.15, -0.1) is 0 Å². The topological polar surface area (TPSA) is 46.4 Å². The molecule has 0 aliphatic heterocycles. The predicted octanol–water partition coefficient (Wildman–Crippen LogP) is 3.62. The molecule has 0 saturated heterocycles. The Morgan fingerprint density at radius 1 is 1.32 bits per heavy atom. The number of non-ortho nitro benzene ring substituents is 1. The van der Waals surface area contributed by atoms with Gasteiger partial charge >= 0.3 is 0 Å². The molecule has 0 unspecified atom stereocenters. The Kier molecular flexibility index (Phi) is 3.46. The second-order valence-corrected chi connectivity index (χ2v) is 6.04. The molecule has 2 fully saturated rings. The lowest BCUT2D eigenvalue weighted by Gasteiger charge is -2.22. The summed E-state index contributed by atoms with van der Waals surface area (Å²) in [6.07, 6.45) is 5.15. The Labute approximate surface area is 117 Å². The molecule has 0 spiro atoms. The van der Waals surface area contributed by atoms with Crippen LogP contribution in [0.15, 0.2) is 18.2 Å². The summed E-state index contributed by atoms with van der Waals surface area (Å²) >= 11 is 6.17. The Morgan fingerprint density at radius 3 is 2.63 bits per heavy atom. The van der Waals surface area contributed by atoms with Crippen LogP contribution in [0.5, 0.6) is 0 Å². The normalized spacial score (nSPS) is 18.8. The molecule has 19 heavy (non-hydrogen) atoms. The second-order valence-electron chi connectivity index (χ2n) is 5.64. The highest BCUT2D eigenvalue weighted by Gasteiger charge is 2.33. The van der Waals surface area contributed by atoms with Gasteiger partial charge in [-0.3, -0.25) is 15.0 Å². The number of nitro benzene ring substituents is 1. The molecule has 2 aliphatic carbocycles. The van der Waals surface area contributed by atoms with Crippen molar-refractivity contribution in [2.75, 3.05) is 6.54 Å². The number of benzene rings is 1. The number of nitrogens with zero attached hydrogens (tertiary/aromatic N) is 2. The van der Waals surface area contributed by atoms with E-state index in [-0.39, 0.29) is 10.6 Å². The molecule has 1 aromatic carbocycles. The van der Waals surface area contributed by atoms with Crippen molar-refractivity contribution < 1.29 is 4.92 Å². The number of halogens is 1. The Morgan fingerprint density at radius 2 is 2.05 bits per heavy atom. The largest absolute Gasteiger partial charge is 0.296 e. The van der Waals surface area contributed by atoms with Gasteiger partial charge in [0.05, 0.1) is 4.92 Å². The van der Waals surface area contributed by atoms with Gasteiger partial charge in [-0.05, 0) is 43.2 Å². The van der Waals surface area contributed by atoms with Crippen LogP contribution in [0.2, 0.25) is 5.02 Å². The average Bonchev–Trinajstić information content (AvgIpc) is 3.24. The molecule has 0 heterocycles. The van der Waals surface area contributed by atoms with Gasteiger partial charge in [0.25, 0.3) is 5.69 Å². The number of rotatable bonds is 6. The highest BCUT2D eigenvalue weighted by Crippen LogP contribution is 2.36. The van der Waals surface area contributed by atoms with Crippen molar-refractivity contribution in [1.82, 2.24) is 4.90 Å². The van der Waals surface area contributed by atoms with Crippen molar-refractivity contribution in [3.8, 4) is 0 Å². The van der Waals surface area contributed by atoms with Crippen molar-refractivity contribution in [3.05, 3.63) is 38.9 Å². The van der Waals surface area contributed by atoms with E-state index in [0.29, 0.717) is 11.1 Å². The van der Waals surface area contributed by atoms with Crippen molar-refractivity contribution in [1.29, 1.82) is 0 Å². The standard InChI is InChI=1S/C14H17ClN2O2/c15-14-6-5-13(17(18)19)7-11(14)9-16(12-3-4-12)8-10-1-2-10/h5-7,10,12H,1-4,8-9H2. The fourth-order valence-electron chi connectivity index (χ4n) is 2.43. The van der Waals surface area contributed by atoms with E-state index in [1.165, 1.54) is 31.7 Å². The minimum absolute atomic E-state index is 0.126. The lowest BCUT2D eigenvalue weighted by atomic mass is 10.1. The Hall–Kier alpha value is -1.13. The van der Waals surface area contributed by atoms with Crippen LogP contribution in [0, 0.1) is 16.0 Å². The maximum absolute atomic E-state index is 10.8. The third kappa shape index (κ3) is 3.25. The molecular weight excluding hydrogens is 264 g/mol. The van der Waals surface area contributed by atoms with Crippen LogP contribution in [0.25, 0.3) is 0 Å². The quantitative estimate of drug-likeness (QED) is 0.590. The van der Waals surface area contributed by atoms with Gasteiger partial charge in [0.1, 0.15) is 0 Å². The van der Waals surface area contributed by atoms with E-state index in [4.69, 9.17) is 11.6 Å². The summed E-state index contributed by atoms with van der Waals surface area (Å²) in [6, 6.07) is 5.38. The molecule has 0 amide bonds. The first-order chi connectivity index (χ1) is 9.13. The molecule has 0 atom stereocenters. The van der Waals surface area contributed by atoms with Gasteiger partial charge in [0.2, 0.25) is 0 Å². The maximum Gasteiger partial charge on any atom is 0.269 e. The number of nitro groups is 1. The summed E-state index contributed by atoms with van der Waals surface area (Å²) in [5.41, 5.74) is 1.00. The molecule has 4 nitrogen and oxygen atoms in total. The molecular formula is C14H17ClN2O2. The SMILES string of the molecule is O=[N+]([O-])c1ccc(Cl)c(CN(CC2CC2)C2CC2)c1. The van der Waals surface area contributed by atoms with E-state index in [9.17, 15) is 10.1 Å². The van der Waals surface area contributed by atoms with Crippen LogP contribution in [0.4, 0.5) is 5.69 Å². The van der Waals surface area contributed by atoms with Crippen molar-refractivity contribution in [2.24, 2.45) is 5.92 Å². The average molecular weight is 281 g/mol. The minimum Gasteiger partial charge on any atom is -0.296 e. The van der Waals surface area contributed by atoms with Crippen LogP contribution < -0.4 is 0 Å². The van der Waals surface area contributed by atoms with Gasteiger partial charge in [-0.2, -0.15) is 0 Å². The van der Waals surface area contributed by atoms with Crippen molar-refractivity contribution in [2.45, 2.75) is 38.3 Å². The molecule has 0 radical (unpaired) electrons. The molecule has 0 N–H and O–H groups in total. The zero-order valence-electron chi connectivity index (χ0n) is 10.7. The van der Waals surface area contributed by atoms with Crippen molar-refractivity contribution in [3.63, 3.8) is 0 Å². The predicted molar refractivity (Wildman–Crippen MR) is 74.3 cm³/mol. The fourth-order valence-corrected chi connectivity index (χ4v) is 2.61. The molecule has 3 rings (SSSR count). The first-order valence-electron chi connectivity index (χ1n) is 6.80. The molecule has 2 aliphatic rings. The summed E-state index contributed by atoms with van der Waals surface area (Å²) in [5, 5.41) is 11.5. The Bertz CT molecular complexity index is 498. The summed E-state index contributed by atoms with van der Waals surface area (Å²) in [7, 11) is 0. The van der Waals surface area contributed by atoms with Crippen LogP contribution in [-0.4, -0.2) is 22.4 Å². The molecule has 1 aromatic rings. The van der Waals surface area contributed by atoms with E-state index in [2.05, 4.69) is 4.90 Å². The van der Waals surface area contributed by atoms with E-state index in [0.717, 1.165) is 24.6 Å². The fraction of sp³-hybridized carbons (Fsp3) is 0.571. The van der Waals surface area contributed by atoms with E-state index < -0.39 is 0 Å². The van der Waals surface area contributed by atoms with Gasteiger partial charge in [-0.1, -0.05) is 11.6 Å². The molecule has 0 aromatic heterocycles. The minimum atomic E-state index is -0.359. The third-order valence-corrected chi connectivity index (χ3v) is 4.24. The van der Waals surface area contributed by atoms with Gasteiger partial charge in [-0.25, -0.2) is 0 Å². The number of hydrogen-bond acceptors (Lipinski definition) is 3.